The second-order valence-electron chi connectivity index (χ2n) is 21.7. The van der Waals surface area contributed by atoms with Crippen molar-refractivity contribution in [2.75, 3.05) is 4.90 Å². The summed E-state index contributed by atoms with van der Waals surface area (Å²) in [6.45, 7) is 26.1. The third-order valence-corrected chi connectivity index (χ3v) is 14.8. The first-order valence-electron chi connectivity index (χ1n) is 22.6. The summed E-state index contributed by atoms with van der Waals surface area (Å²) in [5.74, 6) is 0. The Bertz CT molecular complexity index is 2760. The van der Waals surface area contributed by atoms with Crippen molar-refractivity contribution in [3.63, 3.8) is 0 Å². The molecule has 3 aliphatic rings. The van der Waals surface area contributed by atoms with Gasteiger partial charge in [-0.2, -0.15) is 0 Å². The normalized spacial score (nSPS) is 16.4. The van der Waals surface area contributed by atoms with Gasteiger partial charge in [-0.3, -0.25) is 0 Å². The molecule has 0 saturated carbocycles. The second-order valence-corrected chi connectivity index (χ2v) is 21.7. The van der Waals surface area contributed by atoms with Crippen molar-refractivity contribution in [2.24, 2.45) is 0 Å². The summed E-state index contributed by atoms with van der Waals surface area (Å²) in [6.07, 6.45) is 2.32. The topological polar surface area (TPSA) is 3.24 Å². The fraction of sp³-hybridized carbons (Fsp3) is 0.300. The van der Waals surface area contributed by atoms with Gasteiger partial charge in [0.25, 0.3) is 0 Å². The average Bonchev–Trinajstić information content (AvgIpc) is 3.69. The van der Waals surface area contributed by atoms with Crippen LogP contribution in [0.25, 0.3) is 33.4 Å². The van der Waals surface area contributed by atoms with Gasteiger partial charge in [-0.05, 0) is 156 Å². The number of nitrogens with zero attached hydrogens (tertiary/aromatic N) is 1. The van der Waals surface area contributed by atoms with Crippen molar-refractivity contribution in [1.29, 1.82) is 0 Å². The third-order valence-electron chi connectivity index (χ3n) is 14.8. The Morgan fingerprint density at radius 1 is 0.426 bits per heavy atom. The Kier molecular flexibility index (Phi) is 8.68. The van der Waals surface area contributed by atoms with Gasteiger partial charge in [-0.25, -0.2) is 0 Å². The molecule has 7 aromatic carbocycles. The number of anilines is 3. The molecule has 1 heteroatoms. The standard InChI is InChI=1S/C60H61N/c1-38-24-33-51-55(59(10,11)35-34-58(51,8)9)54(38)47-36-46-45-20-14-17-23-50(45)60(48-21-15-12-18-43(48)44-19-13-16-22-49(44)60)52(46)37-53(47)61(41-29-25-39(26-30-41)56(2,3)4)42-31-27-40(28-32-42)57(5,6)7/h12-33,36-37H,34-35H2,1-11H3. The molecule has 10 rings (SSSR count). The summed E-state index contributed by atoms with van der Waals surface area (Å²) in [5, 5.41) is 0. The van der Waals surface area contributed by atoms with Crippen LogP contribution in [0.15, 0.2) is 146 Å². The van der Waals surface area contributed by atoms with E-state index in [9.17, 15) is 0 Å². The fourth-order valence-electron chi connectivity index (χ4n) is 11.4. The largest absolute Gasteiger partial charge is 0.310 e. The number of fused-ring (bicyclic) bond motifs is 11. The Hall–Kier alpha value is -5.66. The quantitative estimate of drug-likeness (QED) is 0.171. The number of rotatable bonds is 4. The summed E-state index contributed by atoms with van der Waals surface area (Å²) >= 11 is 0. The highest BCUT2D eigenvalue weighted by Crippen LogP contribution is 2.65. The van der Waals surface area contributed by atoms with Crippen LogP contribution in [0, 0.1) is 6.92 Å². The maximum atomic E-state index is 2.62. The maximum Gasteiger partial charge on any atom is 0.0726 e. The van der Waals surface area contributed by atoms with Gasteiger partial charge in [-0.15, -0.1) is 0 Å². The molecule has 0 unspecified atom stereocenters. The molecule has 0 aliphatic heterocycles. The van der Waals surface area contributed by atoms with Crippen molar-refractivity contribution in [1.82, 2.24) is 0 Å². The van der Waals surface area contributed by atoms with E-state index in [1.165, 1.54) is 95.6 Å². The van der Waals surface area contributed by atoms with Crippen LogP contribution < -0.4 is 4.90 Å². The minimum absolute atomic E-state index is 0.00149. The molecule has 1 spiro atoms. The first kappa shape index (κ1) is 39.5. The van der Waals surface area contributed by atoms with E-state index in [1.54, 1.807) is 0 Å². The molecular formula is C60H61N. The number of benzene rings is 7. The molecule has 0 fully saturated rings. The van der Waals surface area contributed by atoms with Crippen molar-refractivity contribution in [3.8, 4) is 33.4 Å². The minimum atomic E-state index is -0.462. The lowest BCUT2D eigenvalue weighted by Crippen LogP contribution is -2.34. The van der Waals surface area contributed by atoms with Gasteiger partial charge in [-0.1, -0.05) is 178 Å². The third kappa shape index (κ3) is 5.86. The van der Waals surface area contributed by atoms with Gasteiger partial charge in [0.2, 0.25) is 0 Å². The van der Waals surface area contributed by atoms with Crippen LogP contribution in [-0.2, 0) is 27.1 Å². The van der Waals surface area contributed by atoms with Crippen LogP contribution in [0.1, 0.15) is 132 Å². The van der Waals surface area contributed by atoms with Gasteiger partial charge < -0.3 is 4.90 Å². The maximum absolute atomic E-state index is 2.62. The Labute approximate surface area is 365 Å². The SMILES string of the molecule is Cc1ccc2c(c1-c1cc3c(cc1N(c1ccc(C(C)(C)C)cc1)c1ccc(C(C)(C)C)cc1)C1(c4ccccc4-c4ccccc41)c1ccccc1-3)C(C)(C)CCC2(C)C. The van der Waals surface area contributed by atoms with Crippen LogP contribution >= 0.6 is 0 Å². The molecular weight excluding hydrogens is 735 g/mol. The first-order valence-corrected chi connectivity index (χ1v) is 22.6. The molecule has 7 aromatic rings. The molecule has 0 aromatic heterocycles. The van der Waals surface area contributed by atoms with Crippen LogP contribution in [0.2, 0.25) is 0 Å². The Morgan fingerprint density at radius 3 is 1.34 bits per heavy atom. The fourth-order valence-corrected chi connectivity index (χ4v) is 11.4. The molecule has 0 heterocycles. The van der Waals surface area contributed by atoms with Crippen LogP contribution in [-0.4, -0.2) is 0 Å². The molecule has 0 N–H and O–H groups in total. The molecule has 0 bridgehead atoms. The molecule has 0 radical (unpaired) electrons. The van der Waals surface area contributed by atoms with Crippen molar-refractivity contribution in [3.05, 3.63) is 196 Å². The van der Waals surface area contributed by atoms with E-state index in [-0.39, 0.29) is 21.7 Å². The summed E-state index contributed by atoms with van der Waals surface area (Å²) in [5.41, 5.74) is 23.7. The van der Waals surface area contributed by atoms with E-state index in [2.05, 4.69) is 227 Å². The minimum Gasteiger partial charge on any atom is -0.310 e. The van der Waals surface area contributed by atoms with E-state index in [4.69, 9.17) is 0 Å². The Morgan fingerprint density at radius 2 is 0.869 bits per heavy atom. The predicted molar refractivity (Wildman–Crippen MR) is 260 cm³/mol. The molecule has 0 saturated heterocycles. The highest BCUT2D eigenvalue weighted by molar-refractivity contribution is 6.01. The molecule has 61 heavy (non-hydrogen) atoms. The summed E-state index contributed by atoms with van der Waals surface area (Å²) in [6, 6.07) is 56.6. The first-order chi connectivity index (χ1) is 28.9. The molecule has 3 aliphatic carbocycles. The monoisotopic (exact) mass is 795 g/mol. The van der Waals surface area contributed by atoms with E-state index < -0.39 is 5.41 Å². The zero-order chi connectivity index (χ0) is 42.9. The molecule has 1 nitrogen and oxygen atoms in total. The van der Waals surface area contributed by atoms with Crippen molar-refractivity contribution in [2.45, 2.75) is 116 Å². The Balaban J connectivity index is 1.37. The lowest BCUT2D eigenvalue weighted by Gasteiger charge is -2.44. The van der Waals surface area contributed by atoms with E-state index in [0.29, 0.717) is 0 Å². The summed E-state index contributed by atoms with van der Waals surface area (Å²) in [4.78, 5) is 2.58. The van der Waals surface area contributed by atoms with E-state index in [0.717, 1.165) is 17.8 Å². The van der Waals surface area contributed by atoms with Crippen molar-refractivity contribution >= 4 is 17.1 Å². The second kappa shape index (κ2) is 13.4. The predicted octanol–water partition coefficient (Wildman–Crippen LogP) is 16.4. The molecule has 0 atom stereocenters. The van der Waals surface area contributed by atoms with Gasteiger partial charge in [0, 0.05) is 16.9 Å². The number of hydrogen-bond acceptors (Lipinski definition) is 1. The number of hydrogen-bond donors (Lipinski definition) is 0. The van der Waals surface area contributed by atoms with Crippen LogP contribution in [0.3, 0.4) is 0 Å². The van der Waals surface area contributed by atoms with E-state index >= 15 is 0 Å². The zero-order valence-corrected chi connectivity index (χ0v) is 38.2. The number of aryl methyl sites for hydroxylation is 1. The highest BCUT2D eigenvalue weighted by atomic mass is 15.1. The van der Waals surface area contributed by atoms with Crippen molar-refractivity contribution < 1.29 is 0 Å². The van der Waals surface area contributed by atoms with Crippen LogP contribution in [0.5, 0.6) is 0 Å². The average molecular weight is 796 g/mol. The van der Waals surface area contributed by atoms with Gasteiger partial charge >= 0.3 is 0 Å². The van der Waals surface area contributed by atoms with Gasteiger partial charge in [0.05, 0.1) is 11.1 Å². The molecule has 306 valence electrons. The smallest absolute Gasteiger partial charge is 0.0726 e. The molecule has 0 amide bonds. The summed E-state index contributed by atoms with van der Waals surface area (Å²) in [7, 11) is 0. The van der Waals surface area contributed by atoms with Crippen LogP contribution in [0.4, 0.5) is 17.1 Å². The summed E-state index contributed by atoms with van der Waals surface area (Å²) < 4.78 is 0. The van der Waals surface area contributed by atoms with E-state index in [1.807, 2.05) is 0 Å². The zero-order valence-electron chi connectivity index (χ0n) is 38.2. The van der Waals surface area contributed by atoms with Gasteiger partial charge in [0.15, 0.2) is 0 Å². The highest BCUT2D eigenvalue weighted by Gasteiger charge is 2.52. The van der Waals surface area contributed by atoms with Gasteiger partial charge in [0.1, 0.15) is 0 Å². The lowest BCUT2D eigenvalue weighted by atomic mass is 9.61. The lowest BCUT2D eigenvalue weighted by molar-refractivity contribution is 0.332.